The summed E-state index contributed by atoms with van der Waals surface area (Å²) in [6.07, 6.45) is 0.388. The van der Waals surface area contributed by atoms with Crippen LogP contribution in [0, 0.1) is 13.8 Å². The number of rotatable bonds is 5. The fraction of sp³-hybridized carbons (Fsp3) is 0.263. The van der Waals surface area contributed by atoms with Crippen LogP contribution in [0.4, 0.5) is 5.69 Å². The monoisotopic (exact) mass is 372 g/mol. The molecule has 0 unspecified atom stereocenters. The van der Waals surface area contributed by atoms with Gasteiger partial charge in [0, 0.05) is 18.7 Å². The number of sulfonamides is 1. The zero-order valence-electron chi connectivity index (χ0n) is 14.7. The van der Waals surface area contributed by atoms with Crippen LogP contribution in [0.1, 0.15) is 34.3 Å². The van der Waals surface area contributed by atoms with Gasteiger partial charge in [0.2, 0.25) is 5.91 Å². The Morgan fingerprint density at radius 3 is 2.54 bits per heavy atom. The molecule has 1 aliphatic heterocycles. The predicted octanol–water partition coefficient (Wildman–Crippen LogP) is 2.87. The van der Waals surface area contributed by atoms with Crippen molar-refractivity contribution in [1.82, 2.24) is 4.31 Å². The summed E-state index contributed by atoms with van der Waals surface area (Å²) >= 11 is 0. The van der Waals surface area contributed by atoms with E-state index in [9.17, 15) is 18.0 Å². The number of fused-ring (bicyclic) bond motifs is 1. The van der Waals surface area contributed by atoms with Crippen molar-refractivity contribution in [2.45, 2.75) is 31.6 Å². The molecule has 6 nitrogen and oxygen atoms in total. The van der Waals surface area contributed by atoms with Crippen LogP contribution in [0.15, 0.2) is 47.4 Å². The van der Waals surface area contributed by atoms with Gasteiger partial charge < -0.3 is 5.32 Å². The van der Waals surface area contributed by atoms with Gasteiger partial charge >= 0.3 is 0 Å². The lowest BCUT2D eigenvalue weighted by atomic mass is 10.1. The lowest BCUT2D eigenvalue weighted by molar-refractivity contribution is -0.116. The quantitative estimate of drug-likeness (QED) is 0.875. The van der Waals surface area contributed by atoms with E-state index >= 15 is 0 Å². The van der Waals surface area contributed by atoms with Gasteiger partial charge in [-0.3, -0.25) is 9.59 Å². The SMILES string of the molecule is Cc1cccc(NC(=O)CCCN2C(=O)c3ccccc3S2(=O)=O)c1C. The highest BCUT2D eigenvalue weighted by Gasteiger charge is 2.40. The molecule has 0 spiro atoms. The average Bonchev–Trinajstić information content (AvgIpc) is 2.80. The predicted molar refractivity (Wildman–Crippen MR) is 98.4 cm³/mol. The third-order valence-electron chi connectivity index (χ3n) is 4.56. The molecule has 0 radical (unpaired) electrons. The summed E-state index contributed by atoms with van der Waals surface area (Å²) in [4.78, 5) is 24.5. The maximum Gasteiger partial charge on any atom is 0.269 e. The molecule has 0 aliphatic carbocycles. The molecule has 0 bridgehead atoms. The first kappa shape index (κ1) is 18.1. The topological polar surface area (TPSA) is 83.6 Å². The summed E-state index contributed by atoms with van der Waals surface area (Å²) in [5.41, 5.74) is 3.00. The van der Waals surface area contributed by atoms with Crippen molar-refractivity contribution in [3.63, 3.8) is 0 Å². The number of anilines is 1. The fourth-order valence-electron chi connectivity index (χ4n) is 2.93. The van der Waals surface area contributed by atoms with Gasteiger partial charge in [-0.25, -0.2) is 12.7 Å². The maximum absolute atomic E-state index is 12.4. The Balaban J connectivity index is 1.61. The number of nitrogens with zero attached hydrogens (tertiary/aromatic N) is 1. The van der Waals surface area contributed by atoms with Gasteiger partial charge in [0.1, 0.15) is 4.90 Å². The Kier molecular flexibility index (Phi) is 4.82. The van der Waals surface area contributed by atoms with Gasteiger partial charge in [0.05, 0.1) is 5.56 Å². The van der Waals surface area contributed by atoms with Gasteiger partial charge in [-0.1, -0.05) is 24.3 Å². The molecule has 26 heavy (non-hydrogen) atoms. The van der Waals surface area contributed by atoms with Gasteiger partial charge in [-0.2, -0.15) is 0 Å². The van der Waals surface area contributed by atoms with E-state index in [-0.39, 0.29) is 35.8 Å². The number of hydrogen-bond donors (Lipinski definition) is 1. The van der Waals surface area contributed by atoms with Crippen LogP contribution >= 0.6 is 0 Å². The van der Waals surface area contributed by atoms with Crippen molar-refractivity contribution in [3.8, 4) is 0 Å². The van der Waals surface area contributed by atoms with Crippen LogP contribution in [-0.2, 0) is 14.8 Å². The van der Waals surface area contributed by atoms with Crippen molar-refractivity contribution in [2.24, 2.45) is 0 Å². The molecule has 1 aliphatic rings. The first-order valence-corrected chi connectivity index (χ1v) is 9.78. The molecule has 1 N–H and O–H groups in total. The minimum atomic E-state index is -3.81. The number of hydrogen-bond acceptors (Lipinski definition) is 4. The smallest absolute Gasteiger partial charge is 0.269 e. The van der Waals surface area contributed by atoms with Crippen LogP contribution in [0.3, 0.4) is 0 Å². The van der Waals surface area contributed by atoms with Crippen LogP contribution < -0.4 is 5.32 Å². The molecule has 0 saturated carbocycles. The van der Waals surface area contributed by atoms with Gasteiger partial charge in [-0.15, -0.1) is 0 Å². The maximum atomic E-state index is 12.4. The molecule has 7 heteroatoms. The Morgan fingerprint density at radius 1 is 1.08 bits per heavy atom. The van der Waals surface area contributed by atoms with E-state index in [1.807, 2.05) is 32.0 Å². The van der Waals surface area contributed by atoms with E-state index in [2.05, 4.69) is 5.32 Å². The van der Waals surface area contributed by atoms with Gasteiger partial charge in [0.15, 0.2) is 0 Å². The Bertz CT molecular complexity index is 983. The lowest BCUT2D eigenvalue weighted by Gasteiger charge is -2.15. The molecule has 2 aromatic carbocycles. The third-order valence-corrected chi connectivity index (χ3v) is 6.40. The highest BCUT2D eigenvalue weighted by molar-refractivity contribution is 7.90. The second-order valence-electron chi connectivity index (χ2n) is 6.28. The lowest BCUT2D eigenvalue weighted by Crippen LogP contribution is -2.31. The Labute approximate surface area is 152 Å². The van der Waals surface area contributed by atoms with Crippen molar-refractivity contribution in [3.05, 3.63) is 59.2 Å². The third kappa shape index (κ3) is 3.22. The number of aryl methyl sites for hydroxylation is 1. The molecule has 0 atom stereocenters. The van der Waals surface area contributed by atoms with E-state index in [1.54, 1.807) is 12.1 Å². The molecule has 2 amide bonds. The van der Waals surface area contributed by atoms with E-state index in [0.29, 0.717) is 0 Å². The number of carbonyl (C=O) groups excluding carboxylic acids is 2. The molecule has 0 saturated heterocycles. The van der Waals surface area contributed by atoms with Crippen molar-refractivity contribution >= 4 is 27.5 Å². The van der Waals surface area contributed by atoms with E-state index in [1.165, 1.54) is 12.1 Å². The standard InChI is InChI=1S/C19H20N2O4S/c1-13-7-5-9-16(14(13)2)20-18(22)11-6-12-21-19(23)15-8-3-4-10-17(15)26(21,24)25/h3-5,7-10H,6,11-12H2,1-2H3,(H,20,22). The number of amides is 2. The van der Waals surface area contributed by atoms with E-state index in [4.69, 9.17) is 0 Å². The minimum absolute atomic E-state index is 0.0178. The summed E-state index contributed by atoms with van der Waals surface area (Å²) in [7, 11) is -3.81. The zero-order valence-corrected chi connectivity index (χ0v) is 15.5. The normalized spacial score (nSPS) is 15.0. The average molecular weight is 372 g/mol. The largest absolute Gasteiger partial charge is 0.326 e. The van der Waals surface area contributed by atoms with Gasteiger partial charge in [-0.05, 0) is 49.6 Å². The number of carbonyl (C=O) groups is 2. The second-order valence-corrected chi connectivity index (χ2v) is 8.11. The molecular formula is C19H20N2O4S. The van der Waals surface area contributed by atoms with Gasteiger partial charge in [0.25, 0.3) is 15.9 Å². The molecule has 136 valence electrons. The number of nitrogens with one attached hydrogen (secondary N) is 1. The Hall–Kier alpha value is -2.67. The molecule has 0 aromatic heterocycles. The zero-order chi connectivity index (χ0) is 18.9. The highest BCUT2D eigenvalue weighted by Crippen LogP contribution is 2.30. The van der Waals surface area contributed by atoms with Crippen molar-refractivity contribution in [2.75, 3.05) is 11.9 Å². The molecule has 0 fully saturated rings. The van der Waals surface area contributed by atoms with Crippen molar-refractivity contribution in [1.29, 1.82) is 0 Å². The summed E-state index contributed by atoms with van der Waals surface area (Å²) in [5.74, 6) is -0.740. The van der Waals surface area contributed by atoms with Crippen molar-refractivity contribution < 1.29 is 18.0 Å². The summed E-state index contributed by atoms with van der Waals surface area (Å²) in [6, 6.07) is 11.8. The fourth-order valence-corrected chi connectivity index (χ4v) is 4.54. The minimum Gasteiger partial charge on any atom is -0.326 e. The van der Waals surface area contributed by atoms with Crippen LogP contribution in [0.25, 0.3) is 0 Å². The van der Waals surface area contributed by atoms with E-state index < -0.39 is 15.9 Å². The molecular weight excluding hydrogens is 352 g/mol. The molecule has 1 heterocycles. The van der Waals surface area contributed by atoms with Crippen LogP contribution in [0.5, 0.6) is 0 Å². The second kappa shape index (κ2) is 6.92. The van der Waals surface area contributed by atoms with E-state index in [0.717, 1.165) is 21.1 Å². The molecule has 3 rings (SSSR count). The number of benzene rings is 2. The van der Waals surface area contributed by atoms with Crippen LogP contribution in [-0.4, -0.2) is 31.1 Å². The first-order chi connectivity index (χ1) is 12.3. The summed E-state index contributed by atoms with van der Waals surface area (Å²) < 4.78 is 25.7. The summed E-state index contributed by atoms with van der Waals surface area (Å²) in [6.45, 7) is 3.88. The highest BCUT2D eigenvalue weighted by atomic mass is 32.2. The van der Waals surface area contributed by atoms with Crippen LogP contribution in [0.2, 0.25) is 0 Å². The Morgan fingerprint density at radius 2 is 1.81 bits per heavy atom. The molecule has 2 aromatic rings. The summed E-state index contributed by atoms with van der Waals surface area (Å²) in [5, 5.41) is 2.83. The first-order valence-electron chi connectivity index (χ1n) is 8.34.